The molecule has 1 heterocycles. The summed E-state index contributed by atoms with van der Waals surface area (Å²) in [7, 11) is 1.95. The third-order valence-corrected chi connectivity index (χ3v) is 6.25. The Balaban J connectivity index is 1.62. The summed E-state index contributed by atoms with van der Waals surface area (Å²) in [6.07, 6.45) is 5.14. The average Bonchev–Trinajstić information content (AvgIpc) is 3.20. The number of aryl methyl sites for hydroxylation is 1. The highest BCUT2D eigenvalue weighted by molar-refractivity contribution is 6.13. The molecule has 1 atom stereocenters. The molecule has 32 heavy (non-hydrogen) atoms. The maximum absolute atomic E-state index is 14.9. The number of aliphatic imine (C=N–C) groups is 1. The van der Waals surface area contributed by atoms with Crippen molar-refractivity contribution in [3.05, 3.63) is 114 Å². The lowest BCUT2D eigenvalue weighted by Gasteiger charge is -2.33. The van der Waals surface area contributed by atoms with Gasteiger partial charge in [0.25, 0.3) is 0 Å². The lowest BCUT2D eigenvalue weighted by molar-refractivity contribution is 0.274. The topological polar surface area (TPSA) is 43.1 Å². The van der Waals surface area contributed by atoms with Gasteiger partial charge in [0.1, 0.15) is 18.0 Å². The molecule has 1 aliphatic carbocycles. The van der Waals surface area contributed by atoms with E-state index in [4.69, 9.17) is 4.99 Å². The molecule has 0 saturated heterocycles. The Morgan fingerprint density at radius 3 is 2.16 bits per heavy atom. The van der Waals surface area contributed by atoms with Crippen molar-refractivity contribution in [2.24, 2.45) is 18.0 Å². The molecule has 3 aromatic carbocycles. The molecule has 0 spiro atoms. The van der Waals surface area contributed by atoms with Crippen LogP contribution in [0, 0.1) is 11.7 Å². The minimum atomic E-state index is -0.284. The summed E-state index contributed by atoms with van der Waals surface area (Å²) in [5, 5.41) is 8.44. The molecule has 1 fully saturated rings. The van der Waals surface area contributed by atoms with Crippen molar-refractivity contribution < 1.29 is 4.39 Å². The normalized spacial score (nSPS) is 14.6. The van der Waals surface area contributed by atoms with Crippen LogP contribution in [0.5, 0.6) is 0 Å². The molecule has 0 N–H and O–H groups in total. The van der Waals surface area contributed by atoms with E-state index in [1.165, 1.54) is 12.5 Å². The summed E-state index contributed by atoms with van der Waals surface area (Å²) >= 11 is 0. The zero-order valence-corrected chi connectivity index (χ0v) is 18.0. The fraction of sp³-hybridized carbons (Fsp3) is 0.222. The van der Waals surface area contributed by atoms with Gasteiger partial charge in [0, 0.05) is 24.1 Å². The first-order valence-electron chi connectivity index (χ1n) is 11.0. The zero-order valence-electron chi connectivity index (χ0n) is 18.0. The molecule has 4 aromatic rings. The largest absolute Gasteiger partial charge is 0.320 e. The van der Waals surface area contributed by atoms with E-state index in [1.807, 2.05) is 78.3 Å². The summed E-state index contributed by atoms with van der Waals surface area (Å²) in [5.74, 6) is 1.05. The second-order valence-corrected chi connectivity index (χ2v) is 8.40. The van der Waals surface area contributed by atoms with Gasteiger partial charge in [-0.2, -0.15) is 0 Å². The van der Waals surface area contributed by atoms with Crippen molar-refractivity contribution in [2.75, 3.05) is 0 Å². The van der Waals surface area contributed by atoms with Crippen molar-refractivity contribution in [1.29, 1.82) is 0 Å². The SMILES string of the molecule is Cn1cnnc1C(c1cc(F)cc(N=C(c2ccccc2)c2ccccc2)c1)C1CCC1. The van der Waals surface area contributed by atoms with Gasteiger partial charge in [-0.3, -0.25) is 0 Å². The van der Waals surface area contributed by atoms with Gasteiger partial charge in [0.05, 0.1) is 11.4 Å². The lowest BCUT2D eigenvalue weighted by Crippen LogP contribution is -2.24. The summed E-state index contributed by atoms with van der Waals surface area (Å²) in [5.41, 5.74) is 4.32. The first kappa shape index (κ1) is 20.3. The standard InChI is InChI=1S/C27H25FN4/c1-32-18-29-31-27(32)25(19-13-8-14-19)22-15-23(28)17-24(16-22)30-26(20-9-4-2-5-10-20)21-11-6-3-7-12-21/h2-7,9-12,15-19,25H,8,13-14H2,1H3. The summed E-state index contributed by atoms with van der Waals surface area (Å²) in [4.78, 5) is 4.94. The van der Waals surface area contributed by atoms with E-state index >= 15 is 0 Å². The molecule has 160 valence electrons. The molecule has 0 radical (unpaired) electrons. The molecule has 0 bridgehead atoms. The minimum Gasteiger partial charge on any atom is -0.320 e. The van der Waals surface area contributed by atoms with E-state index < -0.39 is 0 Å². The smallest absolute Gasteiger partial charge is 0.140 e. The molecule has 1 saturated carbocycles. The number of hydrogen-bond acceptors (Lipinski definition) is 3. The van der Waals surface area contributed by atoms with E-state index in [-0.39, 0.29) is 11.7 Å². The molecule has 0 aliphatic heterocycles. The predicted octanol–water partition coefficient (Wildman–Crippen LogP) is 6.06. The van der Waals surface area contributed by atoms with Crippen molar-refractivity contribution in [3.8, 4) is 0 Å². The Morgan fingerprint density at radius 1 is 0.969 bits per heavy atom. The maximum atomic E-state index is 14.9. The number of nitrogens with zero attached hydrogens (tertiary/aromatic N) is 4. The van der Waals surface area contributed by atoms with Crippen LogP contribution in [-0.2, 0) is 7.05 Å². The van der Waals surface area contributed by atoms with Gasteiger partial charge in [-0.1, -0.05) is 67.1 Å². The van der Waals surface area contributed by atoms with Crippen molar-refractivity contribution in [1.82, 2.24) is 14.8 Å². The summed E-state index contributed by atoms with van der Waals surface area (Å²) < 4.78 is 16.8. The Kier molecular flexibility index (Phi) is 5.63. The lowest BCUT2D eigenvalue weighted by atomic mass is 9.72. The predicted molar refractivity (Wildman–Crippen MR) is 125 cm³/mol. The summed E-state index contributed by atoms with van der Waals surface area (Å²) in [6.45, 7) is 0. The average molecular weight is 425 g/mol. The van der Waals surface area contributed by atoms with Crippen LogP contribution >= 0.6 is 0 Å². The number of rotatable bonds is 6. The summed E-state index contributed by atoms with van der Waals surface area (Å²) in [6, 6.07) is 25.2. The highest BCUT2D eigenvalue weighted by Crippen LogP contribution is 2.43. The monoisotopic (exact) mass is 424 g/mol. The van der Waals surface area contributed by atoms with Gasteiger partial charge in [-0.05, 0) is 42.5 Å². The molecule has 0 amide bonds. The first-order chi connectivity index (χ1) is 15.7. The second kappa shape index (κ2) is 8.87. The van der Waals surface area contributed by atoms with Crippen LogP contribution in [0.4, 0.5) is 10.1 Å². The Morgan fingerprint density at radius 2 is 1.62 bits per heavy atom. The van der Waals surface area contributed by atoms with Crippen LogP contribution in [0.25, 0.3) is 0 Å². The third kappa shape index (κ3) is 4.11. The van der Waals surface area contributed by atoms with E-state index in [0.717, 1.165) is 41.1 Å². The van der Waals surface area contributed by atoms with Crippen molar-refractivity contribution in [3.63, 3.8) is 0 Å². The van der Waals surface area contributed by atoms with Gasteiger partial charge in [0.15, 0.2) is 0 Å². The van der Waals surface area contributed by atoms with Gasteiger partial charge < -0.3 is 4.57 Å². The molecular weight excluding hydrogens is 399 g/mol. The van der Waals surface area contributed by atoms with Crippen molar-refractivity contribution in [2.45, 2.75) is 25.2 Å². The second-order valence-electron chi connectivity index (χ2n) is 8.40. The van der Waals surface area contributed by atoms with Crippen molar-refractivity contribution >= 4 is 11.4 Å². The molecule has 5 heteroatoms. The highest BCUT2D eigenvalue weighted by atomic mass is 19.1. The Bertz CT molecular complexity index is 1190. The zero-order chi connectivity index (χ0) is 21.9. The Hall–Kier alpha value is -3.60. The van der Waals surface area contributed by atoms with Crippen LogP contribution in [0.3, 0.4) is 0 Å². The van der Waals surface area contributed by atoms with E-state index in [9.17, 15) is 4.39 Å². The Labute approximate surface area is 187 Å². The van der Waals surface area contributed by atoms with Gasteiger partial charge in [-0.25, -0.2) is 9.38 Å². The van der Waals surface area contributed by atoms with Crippen LogP contribution < -0.4 is 0 Å². The van der Waals surface area contributed by atoms with Crippen LogP contribution in [0.15, 0.2) is 90.2 Å². The third-order valence-electron chi connectivity index (χ3n) is 6.25. The van der Waals surface area contributed by atoms with E-state index in [2.05, 4.69) is 10.2 Å². The number of aromatic nitrogens is 3. The van der Waals surface area contributed by atoms with Crippen LogP contribution in [0.1, 0.15) is 47.7 Å². The minimum absolute atomic E-state index is 0.0119. The van der Waals surface area contributed by atoms with E-state index in [1.54, 1.807) is 12.4 Å². The number of benzene rings is 3. The first-order valence-corrected chi connectivity index (χ1v) is 11.0. The molecule has 1 aromatic heterocycles. The fourth-order valence-corrected chi connectivity index (χ4v) is 4.44. The van der Waals surface area contributed by atoms with E-state index in [0.29, 0.717) is 11.6 Å². The highest BCUT2D eigenvalue weighted by Gasteiger charge is 2.33. The maximum Gasteiger partial charge on any atom is 0.140 e. The molecule has 1 unspecified atom stereocenters. The number of halogens is 1. The fourth-order valence-electron chi connectivity index (χ4n) is 4.44. The van der Waals surface area contributed by atoms with Gasteiger partial charge in [-0.15, -0.1) is 10.2 Å². The van der Waals surface area contributed by atoms with Crippen LogP contribution in [0.2, 0.25) is 0 Å². The molecule has 4 nitrogen and oxygen atoms in total. The van der Waals surface area contributed by atoms with Crippen LogP contribution in [-0.4, -0.2) is 20.5 Å². The quantitative estimate of drug-likeness (QED) is 0.353. The molecule has 1 aliphatic rings. The number of hydrogen-bond donors (Lipinski definition) is 0. The van der Waals surface area contributed by atoms with Gasteiger partial charge in [0.2, 0.25) is 0 Å². The molecular formula is C27H25FN4. The molecule has 5 rings (SSSR count). The van der Waals surface area contributed by atoms with Gasteiger partial charge >= 0.3 is 0 Å².